The summed E-state index contributed by atoms with van der Waals surface area (Å²) in [5.41, 5.74) is 1.15. The number of carboxylic acids is 1. The molecule has 0 radical (unpaired) electrons. The van der Waals surface area contributed by atoms with E-state index >= 15 is 0 Å². The van der Waals surface area contributed by atoms with Crippen molar-refractivity contribution >= 4 is 23.4 Å². The van der Waals surface area contributed by atoms with E-state index < -0.39 is 17.3 Å². The fourth-order valence-electron chi connectivity index (χ4n) is 4.61. The predicted molar refractivity (Wildman–Crippen MR) is 144 cm³/mol. The first-order valence-electron chi connectivity index (χ1n) is 13.0. The van der Waals surface area contributed by atoms with Crippen LogP contribution in [0.4, 0.5) is 30.6 Å². The lowest BCUT2D eigenvalue weighted by Crippen LogP contribution is -2.34. The summed E-state index contributed by atoms with van der Waals surface area (Å²) in [7, 11) is 0. The molecule has 0 atom stereocenters. The highest BCUT2D eigenvalue weighted by molar-refractivity contribution is 5.87. The molecule has 0 unspecified atom stereocenters. The van der Waals surface area contributed by atoms with Gasteiger partial charge in [-0.2, -0.15) is 4.98 Å². The SMILES string of the molecule is O=C(O)c1ccc(CNC2CCC(CNc3nc(NCc4ccccc4OC(F)(F)F)ncc3[N+](=O)[O-])CC2)cc1. The van der Waals surface area contributed by atoms with E-state index in [0.29, 0.717) is 19.1 Å². The summed E-state index contributed by atoms with van der Waals surface area (Å²) in [5.74, 6) is -1.02. The molecule has 1 aromatic heterocycles. The number of ether oxygens (including phenoxy) is 1. The zero-order valence-corrected chi connectivity index (χ0v) is 21.9. The number of aromatic carboxylic acids is 1. The number of rotatable bonds is 12. The Morgan fingerprint density at radius 3 is 2.41 bits per heavy atom. The van der Waals surface area contributed by atoms with E-state index in [4.69, 9.17) is 5.11 Å². The number of carboxylic acid groups (broad SMARTS) is 1. The van der Waals surface area contributed by atoms with Crippen molar-refractivity contribution in [2.75, 3.05) is 17.2 Å². The Hall–Kier alpha value is -4.46. The smallest absolute Gasteiger partial charge is 0.478 e. The Labute approximate surface area is 233 Å². The van der Waals surface area contributed by atoms with Crippen LogP contribution in [0.1, 0.15) is 47.2 Å². The average molecular weight is 575 g/mol. The van der Waals surface area contributed by atoms with Crippen LogP contribution in [0.15, 0.2) is 54.7 Å². The minimum absolute atomic E-state index is 0.0178. The Bertz CT molecular complexity index is 1350. The fourth-order valence-corrected chi connectivity index (χ4v) is 4.61. The standard InChI is InChI=1S/C27H29F3N6O5/c28-27(29,30)41-23-4-2-1-3-20(23)15-33-26-34-16-22(36(39)40)24(35-26)32-14-18-7-11-21(12-8-18)31-13-17-5-9-19(10-6-17)25(37)38/h1-6,9-10,16,18,21,31H,7-8,11-15H2,(H,37,38)(H2,32,33,34,35). The third-order valence-electron chi connectivity index (χ3n) is 6.80. The molecule has 41 heavy (non-hydrogen) atoms. The molecule has 1 aliphatic rings. The second kappa shape index (κ2) is 13.3. The molecule has 0 amide bonds. The highest BCUT2D eigenvalue weighted by Crippen LogP contribution is 2.29. The van der Waals surface area contributed by atoms with Gasteiger partial charge < -0.3 is 25.8 Å². The van der Waals surface area contributed by atoms with Crippen LogP contribution in [0.3, 0.4) is 0 Å². The molecule has 1 fully saturated rings. The van der Waals surface area contributed by atoms with Gasteiger partial charge in [0.25, 0.3) is 0 Å². The largest absolute Gasteiger partial charge is 0.573 e. The van der Waals surface area contributed by atoms with E-state index in [1.807, 2.05) is 0 Å². The monoisotopic (exact) mass is 574 g/mol. The molecule has 218 valence electrons. The maximum atomic E-state index is 12.7. The van der Waals surface area contributed by atoms with Crippen molar-refractivity contribution in [2.45, 2.75) is 51.2 Å². The average Bonchev–Trinajstić information content (AvgIpc) is 2.94. The van der Waals surface area contributed by atoms with Gasteiger partial charge in [0, 0.05) is 31.2 Å². The number of para-hydroxylation sites is 1. The van der Waals surface area contributed by atoms with Crippen molar-refractivity contribution in [2.24, 2.45) is 5.92 Å². The number of nitrogens with one attached hydrogen (secondary N) is 3. The second-order valence-electron chi connectivity index (χ2n) is 9.68. The Morgan fingerprint density at radius 2 is 1.76 bits per heavy atom. The minimum atomic E-state index is -4.85. The van der Waals surface area contributed by atoms with E-state index in [1.54, 1.807) is 30.3 Å². The van der Waals surface area contributed by atoms with Crippen LogP contribution in [0, 0.1) is 16.0 Å². The number of anilines is 2. The number of benzene rings is 2. The lowest BCUT2D eigenvalue weighted by molar-refractivity contribution is -0.384. The molecule has 0 saturated heterocycles. The third kappa shape index (κ3) is 8.76. The zero-order valence-electron chi connectivity index (χ0n) is 21.9. The summed E-state index contributed by atoms with van der Waals surface area (Å²) in [6, 6.07) is 12.7. The van der Waals surface area contributed by atoms with Crippen molar-refractivity contribution in [3.8, 4) is 5.75 Å². The quantitative estimate of drug-likeness (QED) is 0.164. The van der Waals surface area contributed by atoms with Gasteiger partial charge in [-0.05, 0) is 55.4 Å². The maximum absolute atomic E-state index is 12.7. The fraction of sp³-hybridized carbons (Fsp3) is 0.370. The number of nitro groups is 1. The Morgan fingerprint density at radius 1 is 1.05 bits per heavy atom. The van der Waals surface area contributed by atoms with Gasteiger partial charge in [0.1, 0.15) is 11.9 Å². The summed E-state index contributed by atoms with van der Waals surface area (Å²) in [6.45, 7) is 0.996. The van der Waals surface area contributed by atoms with Gasteiger partial charge in [-0.25, -0.2) is 9.78 Å². The van der Waals surface area contributed by atoms with Crippen molar-refractivity contribution in [3.05, 3.63) is 81.5 Å². The molecule has 0 bridgehead atoms. The van der Waals surface area contributed by atoms with Crippen molar-refractivity contribution < 1.29 is 32.7 Å². The Balaban J connectivity index is 1.29. The van der Waals surface area contributed by atoms with E-state index in [2.05, 4.69) is 30.7 Å². The number of carbonyl (C=O) groups is 1. The lowest BCUT2D eigenvalue weighted by Gasteiger charge is -2.29. The molecule has 14 heteroatoms. The number of alkyl halides is 3. The number of halogens is 3. The van der Waals surface area contributed by atoms with Gasteiger partial charge in [-0.3, -0.25) is 10.1 Å². The molecule has 1 heterocycles. The molecule has 0 aliphatic heterocycles. The highest BCUT2D eigenvalue weighted by Gasteiger charge is 2.32. The molecule has 1 aliphatic carbocycles. The summed E-state index contributed by atoms with van der Waals surface area (Å²) in [6.07, 6.45) is -0.178. The van der Waals surface area contributed by atoms with Gasteiger partial charge in [0.2, 0.25) is 11.8 Å². The molecule has 0 spiro atoms. The number of hydrogen-bond donors (Lipinski definition) is 4. The second-order valence-corrected chi connectivity index (χ2v) is 9.68. The van der Waals surface area contributed by atoms with Gasteiger partial charge in [0.15, 0.2) is 0 Å². The summed E-state index contributed by atoms with van der Waals surface area (Å²) < 4.78 is 42.2. The molecule has 2 aromatic carbocycles. The molecule has 1 saturated carbocycles. The first-order valence-corrected chi connectivity index (χ1v) is 13.0. The molecule has 4 N–H and O–H groups in total. The minimum Gasteiger partial charge on any atom is -0.478 e. The molecule has 3 aromatic rings. The van der Waals surface area contributed by atoms with E-state index in [9.17, 15) is 28.1 Å². The van der Waals surface area contributed by atoms with E-state index in [1.165, 1.54) is 18.2 Å². The molecular formula is C27H29F3N6O5. The first-order chi connectivity index (χ1) is 19.6. The van der Waals surface area contributed by atoms with E-state index in [-0.39, 0.29) is 46.8 Å². The van der Waals surface area contributed by atoms with Crippen molar-refractivity contribution in [1.29, 1.82) is 0 Å². The summed E-state index contributed by atoms with van der Waals surface area (Å²) in [4.78, 5) is 30.1. The number of nitrogens with zero attached hydrogens (tertiary/aromatic N) is 3. The van der Waals surface area contributed by atoms with E-state index in [0.717, 1.165) is 37.4 Å². The predicted octanol–water partition coefficient (Wildman–Crippen LogP) is 5.35. The van der Waals surface area contributed by atoms with Crippen LogP contribution in [0.5, 0.6) is 5.75 Å². The van der Waals surface area contributed by atoms with Gasteiger partial charge in [-0.15, -0.1) is 13.2 Å². The lowest BCUT2D eigenvalue weighted by atomic mass is 9.86. The number of hydrogen-bond acceptors (Lipinski definition) is 9. The van der Waals surface area contributed by atoms with Crippen LogP contribution in [0.25, 0.3) is 0 Å². The van der Waals surface area contributed by atoms with Crippen LogP contribution in [-0.2, 0) is 13.1 Å². The topological polar surface area (TPSA) is 152 Å². The summed E-state index contributed by atoms with van der Waals surface area (Å²) in [5, 5.41) is 29.9. The highest BCUT2D eigenvalue weighted by atomic mass is 19.4. The Kier molecular flexibility index (Phi) is 9.55. The van der Waals surface area contributed by atoms with Crippen LogP contribution < -0.4 is 20.7 Å². The molecule has 4 rings (SSSR count). The van der Waals surface area contributed by atoms with Crippen LogP contribution in [-0.4, -0.2) is 44.9 Å². The summed E-state index contributed by atoms with van der Waals surface area (Å²) >= 11 is 0. The normalized spacial score (nSPS) is 17.0. The van der Waals surface area contributed by atoms with Crippen molar-refractivity contribution in [3.63, 3.8) is 0 Å². The van der Waals surface area contributed by atoms with Gasteiger partial charge in [0.05, 0.1) is 10.5 Å². The van der Waals surface area contributed by atoms with Gasteiger partial charge in [-0.1, -0.05) is 30.3 Å². The molecule has 11 nitrogen and oxygen atoms in total. The maximum Gasteiger partial charge on any atom is 0.573 e. The van der Waals surface area contributed by atoms with Gasteiger partial charge >= 0.3 is 18.0 Å². The zero-order chi connectivity index (χ0) is 29.4. The van der Waals surface area contributed by atoms with Crippen molar-refractivity contribution in [1.82, 2.24) is 15.3 Å². The van der Waals surface area contributed by atoms with Crippen LogP contribution >= 0.6 is 0 Å². The van der Waals surface area contributed by atoms with Crippen LogP contribution in [0.2, 0.25) is 0 Å². The third-order valence-corrected chi connectivity index (χ3v) is 6.80. The first kappa shape index (κ1) is 29.5. The number of aromatic nitrogens is 2. The molecular weight excluding hydrogens is 545 g/mol.